The lowest BCUT2D eigenvalue weighted by molar-refractivity contribution is -0.148. The molecule has 1 heterocycles. The summed E-state index contributed by atoms with van der Waals surface area (Å²) in [5.41, 5.74) is 1.91. The Morgan fingerprint density at radius 1 is 1.07 bits per heavy atom. The van der Waals surface area contributed by atoms with Crippen molar-refractivity contribution in [3.63, 3.8) is 0 Å². The molecular formula is C23H24N2O4S. The summed E-state index contributed by atoms with van der Waals surface area (Å²) in [6.07, 6.45) is 1.90. The summed E-state index contributed by atoms with van der Waals surface area (Å²) in [5.74, 6) is -1.06. The molecule has 2 aromatic carbocycles. The van der Waals surface area contributed by atoms with Gasteiger partial charge in [-0.2, -0.15) is 0 Å². The fourth-order valence-electron chi connectivity index (χ4n) is 3.01. The number of amides is 1. The van der Waals surface area contributed by atoms with E-state index < -0.39 is 24.5 Å². The summed E-state index contributed by atoms with van der Waals surface area (Å²) in [5, 5.41) is 3.62. The van der Waals surface area contributed by atoms with Crippen molar-refractivity contribution < 1.29 is 19.1 Å². The van der Waals surface area contributed by atoms with Gasteiger partial charge in [-0.1, -0.05) is 42.5 Å². The molecule has 3 rings (SSSR count). The van der Waals surface area contributed by atoms with Crippen LogP contribution in [-0.2, 0) is 32.0 Å². The predicted molar refractivity (Wildman–Crippen MR) is 116 cm³/mol. The molecule has 0 fully saturated rings. The van der Waals surface area contributed by atoms with Gasteiger partial charge in [-0.15, -0.1) is 11.3 Å². The summed E-state index contributed by atoms with van der Waals surface area (Å²) in [6.45, 7) is 1.04. The molecular weight excluding hydrogens is 400 g/mol. The molecule has 1 aromatic heterocycles. The van der Waals surface area contributed by atoms with Crippen LogP contribution in [0.3, 0.4) is 0 Å². The topological polar surface area (TPSA) is 85.4 Å². The normalized spacial score (nSPS) is 11.8. The monoisotopic (exact) mass is 424 g/mol. The lowest BCUT2D eigenvalue weighted by atomic mass is 10.0. The Morgan fingerprint density at radius 3 is 2.53 bits per heavy atom. The minimum atomic E-state index is -0.641. The molecule has 0 bridgehead atoms. The fraction of sp³-hybridized carbons (Fsp3) is 0.304. The molecule has 1 N–H and O–H groups in total. The van der Waals surface area contributed by atoms with Gasteiger partial charge in [0.05, 0.1) is 21.3 Å². The van der Waals surface area contributed by atoms with Crippen LogP contribution < -0.4 is 5.32 Å². The number of esters is 1. The van der Waals surface area contributed by atoms with Gasteiger partial charge in [0.1, 0.15) is 0 Å². The summed E-state index contributed by atoms with van der Waals surface area (Å²) < 4.78 is 6.18. The number of para-hydroxylation sites is 1. The molecule has 1 atom stereocenters. The highest BCUT2D eigenvalue weighted by Crippen LogP contribution is 2.22. The van der Waals surface area contributed by atoms with E-state index in [0.717, 1.165) is 20.8 Å². The highest BCUT2D eigenvalue weighted by molar-refractivity contribution is 7.18. The van der Waals surface area contributed by atoms with Crippen molar-refractivity contribution in [2.45, 2.75) is 38.6 Å². The average Bonchev–Trinajstić information content (AvgIpc) is 3.15. The number of ether oxygens (including phenoxy) is 1. The first-order valence-corrected chi connectivity index (χ1v) is 10.7. The maximum Gasteiger partial charge on any atom is 0.306 e. The molecule has 1 amide bonds. The number of Topliss-reactive ketones (excluding diaryl/α,β-unsaturated/α-hetero) is 1. The predicted octanol–water partition coefficient (Wildman–Crippen LogP) is 3.48. The standard InChI is InChI=1S/C23H24N2O4S/c1-16(26)19(14-17-8-3-2-4-9-17)24-21(27)15-29-23(28)13-7-12-22-25-18-10-5-6-11-20(18)30-22/h2-6,8-11,19H,7,12-15H2,1H3,(H,24,27). The highest BCUT2D eigenvalue weighted by atomic mass is 32.1. The number of ketones is 1. The Balaban J connectivity index is 1.38. The zero-order valence-corrected chi connectivity index (χ0v) is 17.6. The van der Waals surface area contributed by atoms with Crippen molar-refractivity contribution >= 4 is 39.2 Å². The quantitative estimate of drug-likeness (QED) is 0.504. The molecule has 7 heteroatoms. The molecule has 0 saturated carbocycles. The number of aromatic nitrogens is 1. The van der Waals surface area contributed by atoms with Gasteiger partial charge in [-0.05, 0) is 43.9 Å². The number of thiazole rings is 1. The van der Waals surface area contributed by atoms with Gasteiger partial charge < -0.3 is 10.1 Å². The van der Waals surface area contributed by atoms with Crippen LogP contribution in [0, 0.1) is 0 Å². The lowest BCUT2D eigenvalue weighted by Crippen LogP contribution is -2.43. The third kappa shape index (κ3) is 6.49. The van der Waals surface area contributed by atoms with E-state index in [-0.39, 0.29) is 12.2 Å². The van der Waals surface area contributed by atoms with Crippen molar-refractivity contribution in [1.29, 1.82) is 0 Å². The number of nitrogens with one attached hydrogen (secondary N) is 1. The molecule has 1 unspecified atom stereocenters. The Hall–Kier alpha value is -3.06. The van der Waals surface area contributed by atoms with Crippen LogP contribution in [0.4, 0.5) is 0 Å². The van der Waals surface area contributed by atoms with Gasteiger partial charge in [0, 0.05) is 6.42 Å². The molecule has 0 saturated heterocycles. The van der Waals surface area contributed by atoms with E-state index in [9.17, 15) is 14.4 Å². The van der Waals surface area contributed by atoms with Gasteiger partial charge in [-0.25, -0.2) is 4.98 Å². The number of fused-ring (bicyclic) bond motifs is 1. The number of rotatable bonds is 10. The summed E-state index contributed by atoms with van der Waals surface area (Å²) in [7, 11) is 0. The summed E-state index contributed by atoms with van der Waals surface area (Å²) in [6, 6.07) is 16.7. The maximum atomic E-state index is 12.1. The Bertz CT molecular complexity index is 983. The van der Waals surface area contributed by atoms with Crippen LogP contribution in [0.5, 0.6) is 0 Å². The lowest BCUT2D eigenvalue weighted by Gasteiger charge is -2.16. The fourth-order valence-corrected chi connectivity index (χ4v) is 4.02. The second kappa shape index (κ2) is 10.6. The molecule has 0 aliphatic heterocycles. The van der Waals surface area contributed by atoms with E-state index in [1.54, 1.807) is 11.3 Å². The first-order chi connectivity index (χ1) is 14.5. The van der Waals surface area contributed by atoms with Crippen LogP contribution in [0.15, 0.2) is 54.6 Å². The van der Waals surface area contributed by atoms with E-state index in [0.29, 0.717) is 19.3 Å². The van der Waals surface area contributed by atoms with E-state index in [1.165, 1.54) is 6.92 Å². The molecule has 30 heavy (non-hydrogen) atoms. The third-order valence-corrected chi connectivity index (χ3v) is 5.68. The van der Waals surface area contributed by atoms with Crippen molar-refractivity contribution in [3.8, 4) is 0 Å². The number of carbonyl (C=O) groups excluding carboxylic acids is 3. The molecule has 0 radical (unpaired) electrons. The maximum absolute atomic E-state index is 12.1. The van der Waals surface area contributed by atoms with Gasteiger partial charge in [0.2, 0.25) is 0 Å². The van der Waals surface area contributed by atoms with Crippen LogP contribution in [-0.4, -0.2) is 35.3 Å². The minimum absolute atomic E-state index is 0.144. The summed E-state index contributed by atoms with van der Waals surface area (Å²) >= 11 is 1.62. The van der Waals surface area contributed by atoms with E-state index in [1.807, 2.05) is 54.6 Å². The largest absolute Gasteiger partial charge is 0.456 e. The molecule has 0 aliphatic rings. The Kier molecular flexibility index (Phi) is 7.68. The van der Waals surface area contributed by atoms with Crippen molar-refractivity contribution in [1.82, 2.24) is 10.3 Å². The highest BCUT2D eigenvalue weighted by Gasteiger charge is 2.18. The van der Waals surface area contributed by atoms with E-state index in [4.69, 9.17) is 4.74 Å². The zero-order chi connectivity index (χ0) is 21.3. The SMILES string of the molecule is CC(=O)C(Cc1ccccc1)NC(=O)COC(=O)CCCc1nc2ccccc2s1. The molecule has 0 spiro atoms. The van der Waals surface area contributed by atoms with Crippen molar-refractivity contribution in [2.24, 2.45) is 0 Å². The molecule has 6 nitrogen and oxygen atoms in total. The first kappa shape index (κ1) is 21.6. The van der Waals surface area contributed by atoms with Crippen LogP contribution in [0.1, 0.15) is 30.3 Å². The van der Waals surface area contributed by atoms with Crippen molar-refractivity contribution in [2.75, 3.05) is 6.61 Å². The zero-order valence-electron chi connectivity index (χ0n) is 16.8. The number of nitrogens with zero attached hydrogens (tertiary/aromatic N) is 1. The second-order valence-electron chi connectivity index (χ2n) is 7.01. The first-order valence-electron chi connectivity index (χ1n) is 9.85. The third-order valence-electron chi connectivity index (χ3n) is 4.58. The van der Waals surface area contributed by atoms with Gasteiger partial charge in [0.15, 0.2) is 12.4 Å². The summed E-state index contributed by atoms with van der Waals surface area (Å²) in [4.78, 5) is 40.4. The number of carbonyl (C=O) groups is 3. The van der Waals surface area contributed by atoms with E-state index >= 15 is 0 Å². The van der Waals surface area contributed by atoms with Gasteiger partial charge in [-0.3, -0.25) is 14.4 Å². The van der Waals surface area contributed by atoms with Crippen LogP contribution >= 0.6 is 11.3 Å². The number of aryl methyl sites for hydroxylation is 1. The smallest absolute Gasteiger partial charge is 0.306 e. The number of benzene rings is 2. The average molecular weight is 425 g/mol. The number of hydrogen-bond acceptors (Lipinski definition) is 6. The number of hydrogen-bond donors (Lipinski definition) is 1. The molecule has 156 valence electrons. The molecule has 0 aliphatic carbocycles. The van der Waals surface area contributed by atoms with Gasteiger partial charge >= 0.3 is 5.97 Å². The Morgan fingerprint density at radius 2 is 1.80 bits per heavy atom. The Labute approximate surface area is 179 Å². The van der Waals surface area contributed by atoms with Crippen LogP contribution in [0.2, 0.25) is 0 Å². The van der Waals surface area contributed by atoms with E-state index in [2.05, 4.69) is 10.3 Å². The molecule has 3 aromatic rings. The van der Waals surface area contributed by atoms with Crippen molar-refractivity contribution in [3.05, 3.63) is 65.2 Å². The second-order valence-corrected chi connectivity index (χ2v) is 8.13. The minimum Gasteiger partial charge on any atom is -0.456 e. The van der Waals surface area contributed by atoms with Crippen LogP contribution in [0.25, 0.3) is 10.2 Å². The van der Waals surface area contributed by atoms with Gasteiger partial charge in [0.25, 0.3) is 5.91 Å².